The topological polar surface area (TPSA) is 66.8 Å². The largest absolute Gasteiger partial charge is 0.503 e. The molecule has 2 aromatic carbocycles. The summed E-state index contributed by atoms with van der Waals surface area (Å²) in [6, 6.07) is 19.1. The molecule has 3 aromatic rings. The fraction of sp³-hybridized carbons (Fsp3) is 0.130. The average Bonchev–Trinajstić information content (AvgIpc) is 3.36. The predicted octanol–water partition coefficient (Wildman–Crippen LogP) is 4.93. The fourth-order valence-electron chi connectivity index (χ4n) is 3.48. The summed E-state index contributed by atoms with van der Waals surface area (Å²) >= 11 is 1.28. The van der Waals surface area contributed by atoms with Crippen molar-refractivity contribution in [2.24, 2.45) is 0 Å². The maximum Gasteiger partial charge on any atom is 0.294 e. The third kappa shape index (κ3) is 3.43. The van der Waals surface area contributed by atoms with Crippen LogP contribution in [0.25, 0.3) is 0 Å². The molecule has 1 aromatic heterocycles. The van der Waals surface area contributed by atoms with E-state index in [1.54, 1.807) is 41.8 Å². The summed E-state index contributed by atoms with van der Waals surface area (Å²) in [4.78, 5) is 28.2. The summed E-state index contributed by atoms with van der Waals surface area (Å²) in [5.41, 5.74) is 1.38. The van der Waals surface area contributed by atoms with Crippen molar-refractivity contribution < 1.29 is 19.4 Å². The number of hydrogen-bond donors (Lipinski definition) is 1. The minimum absolute atomic E-state index is 0.0884. The molecule has 1 unspecified atom stereocenters. The number of amides is 1. The highest BCUT2D eigenvalue weighted by molar-refractivity contribution is 7.12. The zero-order chi connectivity index (χ0) is 20.4. The quantitative estimate of drug-likeness (QED) is 0.591. The number of ketones is 1. The van der Waals surface area contributed by atoms with Crippen molar-refractivity contribution in [3.8, 4) is 5.75 Å². The minimum atomic E-state index is -0.727. The molecule has 1 aliphatic heterocycles. The molecule has 0 fully saturated rings. The molecule has 1 N–H and O–H groups in total. The molecule has 4 rings (SSSR count). The van der Waals surface area contributed by atoms with Gasteiger partial charge in [0.1, 0.15) is 5.75 Å². The van der Waals surface area contributed by atoms with Crippen molar-refractivity contribution >= 4 is 28.7 Å². The van der Waals surface area contributed by atoms with Crippen LogP contribution in [0.3, 0.4) is 0 Å². The van der Waals surface area contributed by atoms with Gasteiger partial charge in [0.05, 0.1) is 23.1 Å². The highest BCUT2D eigenvalue weighted by atomic mass is 32.1. The highest BCUT2D eigenvalue weighted by Gasteiger charge is 2.44. The molecule has 0 bridgehead atoms. The smallest absolute Gasteiger partial charge is 0.294 e. The number of benzene rings is 2. The van der Waals surface area contributed by atoms with Gasteiger partial charge in [0.2, 0.25) is 5.78 Å². The predicted molar refractivity (Wildman–Crippen MR) is 113 cm³/mol. The molecule has 0 radical (unpaired) electrons. The van der Waals surface area contributed by atoms with Crippen LogP contribution in [0, 0.1) is 0 Å². The fourth-order valence-corrected chi connectivity index (χ4v) is 4.16. The van der Waals surface area contributed by atoms with E-state index in [1.807, 2.05) is 37.3 Å². The van der Waals surface area contributed by atoms with Crippen molar-refractivity contribution in [1.82, 2.24) is 0 Å². The summed E-state index contributed by atoms with van der Waals surface area (Å²) in [6.07, 6.45) is 0. The second kappa shape index (κ2) is 7.93. The number of nitrogens with zero attached hydrogens (tertiary/aromatic N) is 1. The van der Waals surface area contributed by atoms with Gasteiger partial charge in [0, 0.05) is 11.8 Å². The molecule has 29 heavy (non-hydrogen) atoms. The number of rotatable bonds is 6. The zero-order valence-electron chi connectivity index (χ0n) is 15.7. The molecule has 0 spiro atoms. The van der Waals surface area contributed by atoms with E-state index < -0.39 is 17.7 Å². The van der Waals surface area contributed by atoms with E-state index in [0.717, 1.165) is 5.56 Å². The van der Waals surface area contributed by atoms with E-state index in [9.17, 15) is 14.7 Å². The molecule has 0 saturated heterocycles. The van der Waals surface area contributed by atoms with E-state index in [4.69, 9.17) is 4.74 Å². The first kappa shape index (κ1) is 19.0. The van der Waals surface area contributed by atoms with Crippen LogP contribution in [0.2, 0.25) is 0 Å². The van der Waals surface area contributed by atoms with Crippen LogP contribution < -0.4 is 9.64 Å². The SMILES string of the molecule is CCOc1cccc(N2C(=O)C(O)=C(C(=O)c3cccs3)C2c2ccccc2)c1. The number of anilines is 1. The molecule has 5 nitrogen and oxygen atoms in total. The van der Waals surface area contributed by atoms with Crippen LogP contribution in [0.15, 0.2) is 83.4 Å². The molecule has 0 aliphatic carbocycles. The monoisotopic (exact) mass is 405 g/mol. The maximum absolute atomic E-state index is 13.2. The van der Waals surface area contributed by atoms with E-state index in [0.29, 0.717) is 22.9 Å². The minimum Gasteiger partial charge on any atom is -0.503 e. The third-order valence-electron chi connectivity index (χ3n) is 4.72. The number of aliphatic hydroxyl groups excluding tert-OH is 1. The van der Waals surface area contributed by atoms with Crippen molar-refractivity contribution in [2.45, 2.75) is 13.0 Å². The molecule has 6 heteroatoms. The van der Waals surface area contributed by atoms with Crippen LogP contribution in [-0.2, 0) is 4.79 Å². The number of Topliss-reactive ketones (excluding diaryl/α,β-unsaturated/α-hetero) is 1. The van der Waals surface area contributed by atoms with Gasteiger partial charge in [-0.2, -0.15) is 0 Å². The van der Waals surface area contributed by atoms with E-state index >= 15 is 0 Å². The van der Waals surface area contributed by atoms with E-state index in [-0.39, 0.29) is 11.4 Å². The Morgan fingerprint density at radius 1 is 1.10 bits per heavy atom. The second-order valence-electron chi connectivity index (χ2n) is 6.49. The lowest BCUT2D eigenvalue weighted by Crippen LogP contribution is -2.31. The van der Waals surface area contributed by atoms with Crippen LogP contribution in [-0.4, -0.2) is 23.4 Å². The number of carbonyl (C=O) groups is 2. The molecule has 1 aliphatic rings. The first-order valence-corrected chi connectivity index (χ1v) is 10.1. The number of aliphatic hydroxyl groups is 1. The molecule has 1 atom stereocenters. The lowest BCUT2D eigenvalue weighted by molar-refractivity contribution is -0.117. The van der Waals surface area contributed by atoms with Crippen LogP contribution in [0.5, 0.6) is 5.75 Å². The lowest BCUT2D eigenvalue weighted by Gasteiger charge is -2.27. The Labute approximate surface area is 172 Å². The Balaban J connectivity index is 1.85. The first-order valence-electron chi connectivity index (χ1n) is 9.24. The Kier molecular flexibility index (Phi) is 5.18. The molecular formula is C23H19NO4S. The molecule has 0 saturated carbocycles. The van der Waals surface area contributed by atoms with Crippen molar-refractivity contribution in [1.29, 1.82) is 0 Å². The summed E-state index contributed by atoms with van der Waals surface area (Å²) in [7, 11) is 0. The molecule has 146 valence electrons. The molecule has 1 amide bonds. The lowest BCUT2D eigenvalue weighted by atomic mass is 9.95. The Hall–Kier alpha value is -3.38. The van der Waals surface area contributed by atoms with E-state index in [2.05, 4.69) is 0 Å². The van der Waals surface area contributed by atoms with Crippen LogP contribution >= 0.6 is 11.3 Å². The van der Waals surface area contributed by atoms with Gasteiger partial charge in [-0.15, -0.1) is 11.3 Å². The highest BCUT2D eigenvalue weighted by Crippen LogP contribution is 2.42. The third-order valence-corrected chi connectivity index (χ3v) is 5.59. The summed E-state index contributed by atoms with van der Waals surface area (Å²) in [5, 5.41) is 12.5. The average molecular weight is 405 g/mol. The first-order chi connectivity index (χ1) is 14.1. The van der Waals surface area contributed by atoms with Gasteiger partial charge in [-0.05, 0) is 36.1 Å². The van der Waals surface area contributed by atoms with Gasteiger partial charge in [-0.3, -0.25) is 14.5 Å². The van der Waals surface area contributed by atoms with Gasteiger partial charge >= 0.3 is 0 Å². The number of carbonyl (C=O) groups excluding carboxylic acids is 2. The maximum atomic E-state index is 13.2. The van der Waals surface area contributed by atoms with Crippen LogP contribution in [0.1, 0.15) is 28.2 Å². The van der Waals surface area contributed by atoms with E-state index in [1.165, 1.54) is 16.2 Å². The van der Waals surface area contributed by atoms with Gasteiger partial charge in [0.15, 0.2) is 5.76 Å². The van der Waals surface area contributed by atoms with Crippen molar-refractivity contribution in [2.75, 3.05) is 11.5 Å². The Bertz CT molecular complexity index is 1070. The van der Waals surface area contributed by atoms with Crippen molar-refractivity contribution in [3.63, 3.8) is 0 Å². The zero-order valence-corrected chi connectivity index (χ0v) is 16.6. The summed E-state index contributed by atoms with van der Waals surface area (Å²) in [5.74, 6) is -0.850. The normalized spacial score (nSPS) is 16.4. The number of hydrogen-bond acceptors (Lipinski definition) is 5. The molecular weight excluding hydrogens is 386 g/mol. The Morgan fingerprint density at radius 2 is 1.90 bits per heavy atom. The van der Waals surface area contributed by atoms with Gasteiger partial charge in [0.25, 0.3) is 5.91 Å². The van der Waals surface area contributed by atoms with Gasteiger partial charge in [-0.25, -0.2) is 0 Å². The number of thiophene rings is 1. The summed E-state index contributed by atoms with van der Waals surface area (Å²) < 4.78 is 5.56. The summed E-state index contributed by atoms with van der Waals surface area (Å²) in [6.45, 7) is 2.37. The van der Waals surface area contributed by atoms with Crippen molar-refractivity contribution in [3.05, 3.63) is 93.9 Å². The second-order valence-corrected chi connectivity index (χ2v) is 7.44. The van der Waals surface area contributed by atoms with Gasteiger partial charge in [-0.1, -0.05) is 42.5 Å². The Morgan fingerprint density at radius 3 is 2.59 bits per heavy atom. The number of ether oxygens (including phenoxy) is 1. The standard InChI is InChI=1S/C23H19NO4S/c1-2-28-17-11-6-10-16(14-17)24-20(15-8-4-3-5-9-15)19(22(26)23(24)27)21(25)18-12-7-13-29-18/h3-14,20,26H,2H2,1H3. The molecule has 2 heterocycles. The van der Waals surface area contributed by atoms with Gasteiger partial charge < -0.3 is 9.84 Å². The van der Waals surface area contributed by atoms with Crippen LogP contribution in [0.4, 0.5) is 5.69 Å².